The summed E-state index contributed by atoms with van der Waals surface area (Å²) in [7, 11) is 0. The van der Waals surface area contributed by atoms with E-state index in [1.807, 2.05) is 44.3 Å². The smallest absolute Gasteiger partial charge is 0.319 e. The van der Waals surface area contributed by atoms with Gasteiger partial charge in [0.15, 0.2) is 0 Å². The molecule has 2 amide bonds. The van der Waals surface area contributed by atoms with E-state index in [1.54, 1.807) is 0 Å². The number of carbonyl (C=O) groups is 1. The second kappa shape index (κ2) is 7.38. The van der Waals surface area contributed by atoms with Crippen LogP contribution in [0.25, 0.3) is 11.0 Å². The predicted molar refractivity (Wildman–Crippen MR) is 102 cm³/mol. The van der Waals surface area contributed by atoms with Gasteiger partial charge in [-0.2, -0.15) is 0 Å². The number of pyridine rings is 1. The van der Waals surface area contributed by atoms with Gasteiger partial charge < -0.3 is 15.2 Å². The summed E-state index contributed by atoms with van der Waals surface area (Å²) in [6.45, 7) is 7.57. The van der Waals surface area contributed by atoms with Crippen molar-refractivity contribution < 1.29 is 4.79 Å². The van der Waals surface area contributed by atoms with Crippen molar-refractivity contribution in [2.45, 2.75) is 33.7 Å². The monoisotopic (exact) mass is 336 g/mol. The van der Waals surface area contributed by atoms with Crippen molar-refractivity contribution in [1.82, 2.24) is 14.9 Å². The van der Waals surface area contributed by atoms with Crippen LogP contribution in [0, 0.1) is 13.8 Å². The van der Waals surface area contributed by atoms with Gasteiger partial charge in [-0.25, -0.2) is 9.78 Å². The number of aryl methyl sites for hydroxylation is 3. The standard InChI is InChI=1S/C20H24N4O/c1-4-24-13-16(17-6-5-10-21-19(17)24)9-11-22-20(25)23-18-12-14(2)7-8-15(18)3/h5-8,10,12-13H,4,9,11H2,1-3H3,(H2,22,23,25). The molecule has 0 aliphatic carbocycles. The van der Waals surface area contributed by atoms with Gasteiger partial charge in [-0.15, -0.1) is 0 Å². The average molecular weight is 336 g/mol. The summed E-state index contributed by atoms with van der Waals surface area (Å²) in [5, 5.41) is 7.02. The molecule has 5 heteroatoms. The number of aromatic nitrogens is 2. The lowest BCUT2D eigenvalue weighted by molar-refractivity contribution is 0.252. The van der Waals surface area contributed by atoms with Gasteiger partial charge >= 0.3 is 6.03 Å². The molecular formula is C20H24N4O. The van der Waals surface area contributed by atoms with E-state index in [1.165, 1.54) is 5.56 Å². The first-order chi connectivity index (χ1) is 12.1. The number of amides is 2. The molecule has 0 atom stereocenters. The number of urea groups is 1. The second-order valence-electron chi connectivity index (χ2n) is 6.26. The summed E-state index contributed by atoms with van der Waals surface area (Å²) in [5.41, 5.74) is 5.24. The zero-order valence-corrected chi connectivity index (χ0v) is 15.0. The Morgan fingerprint density at radius 2 is 2.08 bits per heavy atom. The molecule has 5 nitrogen and oxygen atoms in total. The highest BCUT2D eigenvalue weighted by molar-refractivity contribution is 5.90. The Morgan fingerprint density at radius 3 is 2.88 bits per heavy atom. The van der Waals surface area contributed by atoms with Gasteiger partial charge in [0.2, 0.25) is 0 Å². The molecule has 2 N–H and O–H groups in total. The molecular weight excluding hydrogens is 312 g/mol. The van der Waals surface area contributed by atoms with Gasteiger partial charge in [0.25, 0.3) is 0 Å². The molecule has 25 heavy (non-hydrogen) atoms. The van der Waals surface area contributed by atoms with E-state index in [-0.39, 0.29) is 6.03 Å². The van der Waals surface area contributed by atoms with E-state index in [2.05, 4.69) is 39.4 Å². The summed E-state index contributed by atoms with van der Waals surface area (Å²) in [4.78, 5) is 16.6. The Bertz CT molecular complexity index is 898. The molecule has 0 aliphatic rings. The number of nitrogens with one attached hydrogen (secondary N) is 2. The number of hydrogen-bond acceptors (Lipinski definition) is 2. The van der Waals surface area contributed by atoms with Gasteiger partial charge in [-0.1, -0.05) is 12.1 Å². The van der Waals surface area contributed by atoms with E-state index >= 15 is 0 Å². The third-order valence-electron chi connectivity index (χ3n) is 4.38. The lowest BCUT2D eigenvalue weighted by Crippen LogP contribution is -2.30. The molecule has 2 heterocycles. The van der Waals surface area contributed by atoms with Crippen LogP contribution in [0.3, 0.4) is 0 Å². The minimum atomic E-state index is -0.175. The van der Waals surface area contributed by atoms with E-state index in [0.717, 1.165) is 40.8 Å². The van der Waals surface area contributed by atoms with E-state index in [9.17, 15) is 4.79 Å². The molecule has 0 saturated heterocycles. The maximum absolute atomic E-state index is 12.2. The maximum Gasteiger partial charge on any atom is 0.319 e. The molecule has 0 radical (unpaired) electrons. The fourth-order valence-electron chi connectivity index (χ4n) is 2.98. The summed E-state index contributed by atoms with van der Waals surface area (Å²) in [6, 6.07) is 9.89. The Hall–Kier alpha value is -2.82. The van der Waals surface area contributed by atoms with Crippen LogP contribution in [-0.2, 0) is 13.0 Å². The third kappa shape index (κ3) is 3.82. The number of anilines is 1. The normalized spacial score (nSPS) is 10.8. The number of carbonyl (C=O) groups excluding carboxylic acids is 1. The van der Waals surface area contributed by atoms with Crippen molar-refractivity contribution in [2.75, 3.05) is 11.9 Å². The molecule has 0 spiro atoms. The maximum atomic E-state index is 12.2. The zero-order valence-electron chi connectivity index (χ0n) is 15.0. The van der Waals surface area contributed by atoms with Crippen LogP contribution in [0.15, 0.2) is 42.7 Å². The Kier molecular flexibility index (Phi) is 5.03. The van der Waals surface area contributed by atoms with E-state index < -0.39 is 0 Å². The summed E-state index contributed by atoms with van der Waals surface area (Å²) < 4.78 is 2.14. The van der Waals surface area contributed by atoms with Crippen LogP contribution in [0.2, 0.25) is 0 Å². The molecule has 0 fully saturated rings. The highest BCUT2D eigenvalue weighted by Gasteiger charge is 2.09. The SMILES string of the molecule is CCn1cc(CCNC(=O)Nc2cc(C)ccc2C)c2cccnc21. The van der Waals surface area contributed by atoms with Crippen molar-refractivity contribution >= 4 is 22.8 Å². The molecule has 130 valence electrons. The van der Waals surface area contributed by atoms with E-state index in [0.29, 0.717) is 6.54 Å². The molecule has 3 rings (SSSR count). The molecule has 2 aromatic heterocycles. The highest BCUT2D eigenvalue weighted by atomic mass is 16.2. The first-order valence-electron chi connectivity index (χ1n) is 8.63. The van der Waals surface area contributed by atoms with E-state index in [4.69, 9.17) is 0 Å². The minimum absolute atomic E-state index is 0.175. The molecule has 0 bridgehead atoms. The van der Waals surface area contributed by atoms with Gasteiger partial charge in [0.05, 0.1) is 0 Å². The number of benzene rings is 1. The van der Waals surface area contributed by atoms with Crippen LogP contribution in [0.1, 0.15) is 23.6 Å². The van der Waals surface area contributed by atoms with Gasteiger partial charge in [0, 0.05) is 36.6 Å². The quantitative estimate of drug-likeness (QED) is 0.739. The van der Waals surface area contributed by atoms with Gasteiger partial charge in [0.1, 0.15) is 5.65 Å². The first kappa shape index (κ1) is 17.0. The fraction of sp³-hybridized carbons (Fsp3) is 0.300. The number of hydrogen-bond donors (Lipinski definition) is 2. The lowest BCUT2D eigenvalue weighted by atomic mass is 10.1. The first-order valence-corrected chi connectivity index (χ1v) is 8.63. The van der Waals surface area contributed by atoms with Crippen LogP contribution in [0.5, 0.6) is 0 Å². The Balaban J connectivity index is 1.61. The third-order valence-corrected chi connectivity index (χ3v) is 4.38. The summed E-state index contributed by atoms with van der Waals surface area (Å²) in [5.74, 6) is 0. The van der Waals surface area contributed by atoms with Crippen molar-refractivity contribution in [1.29, 1.82) is 0 Å². The van der Waals surface area contributed by atoms with Crippen molar-refractivity contribution in [3.63, 3.8) is 0 Å². The molecule has 3 aromatic rings. The average Bonchev–Trinajstić information content (AvgIpc) is 2.96. The molecule has 0 unspecified atom stereocenters. The number of nitrogens with zero attached hydrogens (tertiary/aromatic N) is 2. The highest BCUT2D eigenvalue weighted by Crippen LogP contribution is 2.19. The minimum Gasteiger partial charge on any atom is -0.338 e. The summed E-state index contributed by atoms with van der Waals surface area (Å²) >= 11 is 0. The molecule has 0 saturated carbocycles. The predicted octanol–water partition coefficient (Wildman–Crippen LogP) is 4.04. The Labute approximate surface area is 148 Å². The fourth-order valence-corrected chi connectivity index (χ4v) is 2.98. The largest absolute Gasteiger partial charge is 0.338 e. The summed E-state index contributed by atoms with van der Waals surface area (Å²) in [6.07, 6.45) is 4.71. The van der Waals surface area contributed by atoms with Gasteiger partial charge in [-0.3, -0.25) is 0 Å². The van der Waals surface area contributed by atoms with Crippen LogP contribution in [0.4, 0.5) is 10.5 Å². The van der Waals surface area contributed by atoms with Crippen molar-refractivity contribution in [2.24, 2.45) is 0 Å². The van der Waals surface area contributed by atoms with Crippen LogP contribution in [-0.4, -0.2) is 22.1 Å². The number of rotatable bonds is 5. The molecule has 0 aliphatic heterocycles. The molecule has 1 aromatic carbocycles. The van der Waals surface area contributed by atoms with Crippen LogP contribution >= 0.6 is 0 Å². The topological polar surface area (TPSA) is 59.0 Å². The van der Waals surface area contributed by atoms with Crippen molar-refractivity contribution in [3.05, 3.63) is 59.4 Å². The van der Waals surface area contributed by atoms with Crippen molar-refractivity contribution in [3.8, 4) is 0 Å². The van der Waals surface area contributed by atoms with Crippen LogP contribution < -0.4 is 10.6 Å². The lowest BCUT2D eigenvalue weighted by Gasteiger charge is -2.10. The van der Waals surface area contributed by atoms with Gasteiger partial charge in [-0.05, 0) is 62.1 Å². The second-order valence-corrected chi connectivity index (χ2v) is 6.26. The Morgan fingerprint density at radius 1 is 1.24 bits per heavy atom. The number of fused-ring (bicyclic) bond motifs is 1. The zero-order chi connectivity index (χ0) is 17.8.